The van der Waals surface area contributed by atoms with Gasteiger partial charge in [0, 0.05) is 10.4 Å². The fourth-order valence-electron chi connectivity index (χ4n) is 2.27. The lowest BCUT2D eigenvalue weighted by atomic mass is 10.1. The molecule has 0 amide bonds. The van der Waals surface area contributed by atoms with Crippen molar-refractivity contribution in [3.05, 3.63) is 65.3 Å². The molecule has 3 rings (SSSR count). The maximum Gasteiger partial charge on any atom is 0.125 e. The molecule has 2 nitrogen and oxygen atoms in total. The first-order valence-electron chi connectivity index (χ1n) is 6.37. The van der Waals surface area contributed by atoms with E-state index in [-0.39, 0.29) is 18.5 Å². The van der Waals surface area contributed by atoms with Crippen molar-refractivity contribution in [1.29, 1.82) is 0 Å². The van der Waals surface area contributed by atoms with Crippen LogP contribution in [0.25, 0.3) is 10.1 Å². The van der Waals surface area contributed by atoms with Crippen LogP contribution in [0.3, 0.4) is 0 Å². The van der Waals surface area contributed by atoms with Crippen molar-refractivity contribution >= 4 is 27.1 Å². The quantitative estimate of drug-likeness (QED) is 0.754. The Kier molecular flexibility index (Phi) is 3.67. The van der Waals surface area contributed by atoms with E-state index in [2.05, 4.69) is 11.4 Å². The van der Waals surface area contributed by atoms with E-state index in [9.17, 15) is 9.50 Å². The molecule has 1 unspecified atom stereocenters. The molecule has 0 saturated carbocycles. The lowest BCUT2D eigenvalue weighted by Gasteiger charge is -2.17. The number of hydrogen-bond donors (Lipinski definition) is 2. The molecule has 0 bridgehead atoms. The zero-order valence-corrected chi connectivity index (χ0v) is 11.5. The summed E-state index contributed by atoms with van der Waals surface area (Å²) in [7, 11) is 0. The van der Waals surface area contributed by atoms with E-state index in [1.165, 1.54) is 16.8 Å². The summed E-state index contributed by atoms with van der Waals surface area (Å²) in [6, 6.07) is 14.1. The number of halogens is 1. The van der Waals surface area contributed by atoms with E-state index in [0.29, 0.717) is 5.69 Å². The van der Waals surface area contributed by atoms with Crippen LogP contribution in [0.4, 0.5) is 10.1 Å². The van der Waals surface area contributed by atoms with Gasteiger partial charge < -0.3 is 10.4 Å². The number of aliphatic hydroxyl groups excluding tert-OH is 1. The average Bonchev–Trinajstić information content (AvgIpc) is 2.89. The standard InChI is InChI=1S/C16H14FNOS/c17-11-4-3-5-12(8-11)18-15(9-19)14-10-20-16-7-2-1-6-13(14)16/h1-8,10,15,18-19H,9H2. The van der Waals surface area contributed by atoms with Gasteiger partial charge in [-0.25, -0.2) is 4.39 Å². The van der Waals surface area contributed by atoms with Crippen molar-refractivity contribution in [1.82, 2.24) is 0 Å². The summed E-state index contributed by atoms with van der Waals surface area (Å²) in [6.45, 7) is -0.0444. The zero-order valence-electron chi connectivity index (χ0n) is 10.7. The second-order valence-corrected chi connectivity index (χ2v) is 5.49. The second-order valence-electron chi connectivity index (χ2n) is 4.58. The first-order chi connectivity index (χ1) is 9.78. The topological polar surface area (TPSA) is 32.3 Å². The Morgan fingerprint density at radius 1 is 1.15 bits per heavy atom. The Balaban J connectivity index is 1.93. The Labute approximate surface area is 120 Å². The maximum absolute atomic E-state index is 13.2. The SMILES string of the molecule is OCC(Nc1cccc(F)c1)c1csc2ccccc12. The molecule has 1 heterocycles. The molecule has 4 heteroatoms. The molecule has 0 saturated heterocycles. The van der Waals surface area contributed by atoms with Gasteiger partial charge >= 0.3 is 0 Å². The van der Waals surface area contributed by atoms with Crippen molar-refractivity contribution < 1.29 is 9.50 Å². The van der Waals surface area contributed by atoms with Gasteiger partial charge in [0.2, 0.25) is 0 Å². The van der Waals surface area contributed by atoms with Crippen molar-refractivity contribution in [2.75, 3.05) is 11.9 Å². The van der Waals surface area contributed by atoms with Crippen LogP contribution in [0.1, 0.15) is 11.6 Å². The summed E-state index contributed by atoms with van der Waals surface area (Å²) in [5, 5.41) is 16.0. The monoisotopic (exact) mass is 287 g/mol. The van der Waals surface area contributed by atoms with Gasteiger partial charge in [0.25, 0.3) is 0 Å². The van der Waals surface area contributed by atoms with Crippen LogP contribution in [-0.2, 0) is 0 Å². The highest BCUT2D eigenvalue weighted by Crippen LogP contribution is 2.31. The molecule has 2 N–H and O–H groups in total. The third-order valence-corrected chi connectivity index (χ3v) is 4.22. The molecule has 102 valence electrons. The van der Waals surface area contributed by atoms with E-state index in [0.717, 1.165) is 10.9 Å². The van der Waals surface area contributed by atoms with E-state index in [1.54, 1.807) is 23.5 Å². The lowest BCUT2D eigenvalue weighted by Crippen LogP contribution is -2.14. The first kappa shape index (κ1) is 13.1. The third-order valence-electron chi connectivity index (χ3n) is 3.23. The number of fused-ring (bicyclic) bond motifs is 1. The van der Waals surface area contributed by atoms with Gasteiger partial charge in [-0.15, -0.1) is 11.3 Å². The minimum absolute atomic E-state index is 0.0444. The molecule has 2 aromatic carbocycles. The molecule has 0 aliphatic heterocycles. The summed E-state index contributed by atoms with van der Waals surface area (Å²) >= 11 is 1.65. The average molecular weight is 287 g/mol. The fourth-order valence-corrected chi connectivity index (χ4v) is 3.28. The summed E-state index contributed by atoms with van der Waals surface area (Å²) in [5.41, 5.74) is 1.71. The molecule has 20 heavy (non-hydrogen) atoms. The van der Waals surface area contributed by atoms with E-state index < -0.39 is 0 Å². The number of nitrogens with one attached hydrogen (secondary N) is 1. The highest BCUT2D eigenvalue weighted by atomic mass is 32.1. The summed E-state index contributed by atoms with van der Waals surface area (Å²) in [4.78, 5) is 0. The molecular formula is C16H14FNOS. The predicted octanol–water partition coefficient (Wildman–Crippen LogP) is 4.19. The van der Waals surface area contributed by atoms with Gasteiger partial charge in [0.05, 0.1) is 12.6 Å². The molecule has 1 aromatic heterocycles. The van der Waals surface area contributed by atoms with Gasteiger partial charge in [-0.05, 0) is 40.6 Å². The molecule has 0 fully saturated rings. The Morgan fingerprint density at radius 3 is 2.80 bits per heavy atom. The van der Waals surface area contributed by atoms with Crippen molar-refractivity contribution in [3.8, 4) is 0 Å². The lowest BCUT2D eigenvalue weighted by molar-refractivity contribution is 0.277. The largest absolute Gasteiger partial charge is 0.394 e. The molecule has 1 atom stereocenters. The van der Waals surface area contributed by atoms with Gasteiger partial charge in [0.15, 0.2) is 0 Å². The maximum atomic E-state index is 13.2. The van der Waals surface area contributed by atoms with Crippen molar-refractivity contribution in [2.24, 2.45) is 0 Å². The third kappa shape index (κ3) is 2.53. The highest BCUT2D eigenvalue weighted by Gasteiger charge is 2.15. The minimum Gasteiger partial charge on any atom is -0.394 e. The summed E-state index contributed by atoms with van der Waals surface area (Å²) < 4.78 is 14.4. The first-order valence-corrected chi connectivity index (χ1v) is 7.25. The predicted molar refractivity (Wildman–Crippen MR) is 81.7 cm³/mol. The molecule has 0 aliphatic carbocycles. The van der Waals surface area contributed by atoms with Gasteiger partial charge in [-0.1, -0.05) is 24.3 Å². The second kappa shape index (κ2) is 5.61. The molecule has 0 spiro atoms. The minimum atomic E-state index is -0.290. The van der Waals surface area contributed by atoms with Crippen LogP contribution in [0, 0.1) is 5.82 Å². The van der Waals surface area contributed by atoms with E-state index in [4.69, 9.17) is 0 Å². The van der Waals surface area contributed by atoms with Crippen LogP contribution < -0.4 is 5.32 Å². The molecule has 0 radical (unpaired) electrons. The molecular weight excluding hydrogens is 273 g/mol. The van der Waals surface area contributed by atoms with Gasteiger partial charge in [0.1, 0.15) is 5.82 Å². The van der Waals surface area contributed by atoms with Gasteiger partial charge in [-0.2, -0.15) is 0 Å². The molecule has 0 aliphatic rings. The van der Waals surface area contributed by atoms with Crippen LogP contribution in [0.2, 0.25) is 0 Å². The van der Waals surface area contributed by atoms with Crippen LogP contribution >= 0.6 is 11.3 Å². The number of aliphatic hydroxyl groups is 1. The van der Waals surface area contributed by atoms with Crippen LogP contribution in [0.5, 0.6) is 0 Å². The number of thiophene rings is 1. The summed E-state index contributed by atoms with van der Waals surface area (Å²) in [5.74, 6) is -0.290. The Hall–Kier alpha value is -1.91. The normalized spacial score (nSPS) is 12.5. The number of anilines is 1. The number of benzene rings is 2. The smallest absolute Gasteiger partial charge is 0.125 e. The van der Waals surface area contributed by atoms with Crippen molar-refractivity contribution in [3.63, 3.8) is 0 Å². The van der Waals surface area contributed by atoms with Gasteiger partial charge in [-0.3, -0.25) is 0 Å². The molecule has 3 aromatic rings. The fraction of sp³-hybridized carbons (Fsp3) is 0.125. The van der Waals surface area contributed by atoms with Crippen molar-refractivity contribution in [2.45, 2.75) is 6.04 Å². The number of hydrogen-bond acceptors (Lipinski definition) is 3. The van der Waals surface area contributed by atoms with E-state index in [1.807, 2.05) is 23.6 Å². The summed E-state index contributed by atoms with van der Waals surface area (Å²) in [6.07, 6.45) is 0. The zero-order chi connectivity index (χ0) is 13.9. The Morgan fingerprint density at radius 2 is 2.00 bits per heavy atom. The Bertz CT molecular complexity index is 725. The van der Waals surface area contributed by atoms with Crippen LogP contribution in [0.15, 0.2) is 53.9 Å². The highest BCUT2D eigenvalue weighted by molar-refractivity contribution is 7.17. The number of rotatable bonds is 4. The van der Waals surface area contributed by atoms with Crippen LogP contribution in [-0.4, -0.2) is 11.7 Å². The van der Waals surface area contributed by atoms with E-state index >= 15 is 0 Å².